The van der Waals surface area contributed by atoms with E-state index in [1.165, 1.54) is 14.2 Å². The molecule has 4 aromatic rings. The molecular formula is C28H25ClO6. The van der Waals surface area contributed by atoms with Crippen LogP contribution < -0.4 is 14.2 Å². The predicted molar refractivity (Wildman–Crippen MR) is 136 cm³/mol. The lowest BCUT2D eigenvalue weighted by Gasteiger charge is -2.08. The average Bonchev–Trinajstić information content (AvgIpc) is 2.91. The summed E-state index contributed by atoms with van der Waals surface area (Å²) < 4.78 is 15.2. The molecule has 0 aliphatic heterocycles. The quantitative estimate of drug-likeness (QED) is 0.198. The minimum Gasteiger partial charge on any atom is -0.504 e. The lowest BCUT2D eigenvalue weighted by Crippen LogP contribution is -2.08. The van der Waals surface area contributed by atoms with Crippen molar-refractivity contribution >= 4 is 22.8 Å². The number of rotatable bonds is 5. The molecular weight excluding hydrogens is 468 g/mol. The number of phenolic OH excluding ortho intramolecular Hbond substituents is 1. The van der Waals surface area contributed by atoms with E-state index in [9.17, 15) is 9.59 Å². The molecule has 0 saturated carbocycles. The number of aromatic hydroxyl groups is 1. The SMILES string of the molecule is COc1ccccc1O.COc1ccccc1OC(=O)c1ccccc1.O=C(Cl)c1ccccc1. The molecule has 0 bridgehead atoms. The van der Waals surface area contributed by atoms with Crippen LogP contribution in [0.2, 0.25) is 0 Å². The molecule has 0 saturated heterocycles. The molecule has 0 spiro atoms. The van der Waals surface area contributed by atoms with Gasteiger partial charge in [-0.15, -0.1) is 0 Å². The van der Waals surface area contributed by atoms with Gasteiger partial charge in [0.05, 0.1) is 19.8 Å². The summed E-state index contributed by atoms with van der Waals surface area (Å²) in [5.41, 5.74) is 1.05. The van der Waals surface area contributed by atoms with E-state index in [0.29, 0.717) is 28.4 Å². The number of para-hydroxylation sites is 4. The highest BCUT2D eigenvalue weighted by atomic mass is 35.5. The van der Waals surface area contributed by atoms with Gasteiger partial charge in [-0.1, -0.05) is 72.8 Å². The Morgan fingerprint density at radius 2 is 1.03 bits per heavy atom. The Morgan fingerprint density at radius 3 is 1.46 bits per heavy atom. The smallest absolute Gasteiger partial charge is 0.343 e. The molecule has 4 rings (SSSR count). The largest absolute Gasteiger partial charge is 0.504 e. The van der Waals surface area contributed by atoms with E-state index in [4.69, 9.17) is 30.9 Å². The molecule has 1 N–H and O–H groups in total. The van der Waals surface area contributed by atoms with E-state index in [2.05, 4.69) is 0 Å². The fourth-order valence-electron chi connectivity index (χ4n) is 2.64. The lowest BCUT2D eigenvalue weighted by atomic mass is 10.2. The average molecular weight is 493 g/mol. The van der Waals surface area contributed by atoms with Crippen molar-refractivity contribution in [2.45, 2.75) is 0 Å². The van der Waals surface area contributed by atoms with E-state index in [-0.39, 0.29) is 5.75 Å². The maximum atomic E-state index is 11.8. The number of methoxy groups -OCH3 is 2. The number of esters is 1. The van der Waals surface area contributed by atoms with Gasteiger partial charge >= 0.3 is 5.97 Å². The zero-order chi connectivity index (χ0) is 25.5. The minimum atomic E-state index is -0.407. The van der Waals surface area contributed by atoms with Crippen molar-refractivity contribution in [1.82, 2.24) is 0 Å². The standard InChI is InChI=1S/C14H12O3.C7H5ClO.C7H8O2/c1-16-12-9-5-6-10-13(12)17-14(15)11-7-3-2-4-8-11;8-7(9)6-4-2-1-3-5-6;1-9-7-5-3-2-4-6(7)8/h2-10H,1H3;1-5H;2-5,8H,1H3. The normalized spacial score (nSPS) is 9.34. The Hall–Kier alpha value is -4.29. The topological polar surface area (TPSA) is 82.1 Å². The van der Waals surface area contributed by atoms with Crippen molar-refractivity contribution in [2.75, 3.05) is 14.2 Å². The Kier molecular flexibility index (Phi) is 11.4. The van der Waals surface area contributed by atoms with Crippen LogP contribution in [0.15, 0.2) is 109 Å². The van der Waals surface area contributed by atoms with Gasteiger partial charge in [0.15, 0.2) is 23.0 Å². The van der Waals surface area contributed by atoms with Crippen molar-refractivity contribution in [3.05, 3.63) is 120 Å². The second-order valence-corrected chi connectivity index (χ2v) is 7.06. The first-order valence-electron chi connectivity index (χ1n) is 10.4. The van der Waals surface area contributed by atoms with Gasteiger partial charge in [0.1, 0.15) is 0 Å². The molecule has 0 aromatic heterocycles. The van der Waals surface area contributed by atoms with E-state index in [0.717, 1.165) is 0 Å². The third kappa shape index (κ3) is 9.23. The first-order chi connectivity index (χ1) is 17.0. The second kappa shape index (κ2) is 14.8. The van der Waals surface area contributed by atoms with Gasteiger partial charge < -0.3 is 19.3 Å². The fourth-order valence-corrected chi connectivity index (χ4v) is 2.76. The molecule has 0 atom stereocenters. The molecule has 7 heteroatoms. The van der Waals surface area contributed by atoms with Gasteiger partial charge in [-0.3, -0.25) is 4.79 Å². The lowest BCUT2D eigenvalue weighted by molar-refractivity contribution is 0.0729. The molecule has 6 nitrogen and oxygen atoms in total. The summed E-state index contributed by atoms with van der Waals surface area (Å²) in [5.74, 6) is 1.26. The number of benzene rings is 4. The van der Waals surface area contributed by atoms with E-state index < -0.39 is 11.2 Å². The van der Waals surface area contributed by atoms with Crippen LogP contribution in [0.25, 0.3) is 0 Å². The number of hydrogen-bond acceptors (Lipinski definition) is 6. The molecule has 0 amide bonds. The van der Waals surface area contributed by atoms with Crippen molar-refractivity contribution in [3.63, 3.8) is 0 Å². The minimum absolute atomic E-state index is 0.181. The summed E-state index contributed by atoms with van der Waals surface area (Å²) in [4.78, 5) is 22.2. The summed E-state index contributed by atoms with van der Waals surface area (Å²) in [6.45, 7) is 0. The van der Waals surface area contributed by atoms with Crippen LogP contribution in [0.3, 0.4) is 0 Å². The fraction of sp³-hybridized carbons (Fsp3) is 0.0714. The van der Waals surface area contributed by atoms with E-state index in [1.54, 1.807) is 91.0 Å². The third-order valence-electron chi connectivity index (χ3n) is 4.37. The zero-order valence-corrected chi connectivity index (χ0v) is 20.0. The Bertz CT molecular complexity index is 1200. The number of hydrogen-bond donors (Lipinski definition) is 1. The third-order valence-corrected chi connectivity index (χ3v) is 4.59. The number of phenols is 1. The summed E-state index contributed by atoms with van der Waals surface area (Å²) >= 11 is 5.16. The molecule has 0 fully saturated rings. The highest BCUT2D eigenvalue weighted by Gasteiger charge is 2.10. The first kappa shape index (κ1) is 27.0. The predicted octanol–water partition coefficient (Wildman–Crippen LogP) is 6.38. The monoisotopic (exact) mass is 492 g/mol. The van der Waals surface area contributed by atoms with Crippen LogP contribution >= 0.6 is 11.6 Å². The van der Waals surface area contributed by atoms with Crippen molar-refractivity contribution < 1.29 is 28.9 Å². The summed E-state index contributed by atoms with van der Waals surface area (Å²) in [5, 5.41) is 8.58. The van der Waals surface area contributed by atoms with Gasteiger partial charge in [-0.05, 0) is 48.0 Å². The summed E-state index contributed by atoms with van der Waals surface area (Å²) in [6.07, 6.45) is 0. The van der Waals surface area contributed by atoms with Gasteiger partial charge in [0.2, 0.25) is 0 Å². The highest BCUT2D eigenvalue weighted by Crippen LogP contribution is 2.26. The summed E-state index contributed by atoms with van der Waals surface area (Å²) in [7, 11) is 3.06. The number of ether oxygens (including phenoxy) is 3. The first-order valence-corrected chi connectivity index (χ1v) is 10.8. The summed E-state index contributed by atoms with van der Waals surface area (Å²) in [6, 6.07) is 31.5. The van der Waals surface area contributed by atoms with Crippen LogP contribution in [0, 0.1) is 0 Å². The maximum Gasteiger partial charge on any atom is 0.343 e. The van der Waals surface area contributed by atoms with Gasteiger partial charge in [0.25, 0.3) is 5.24 Å². The molecule has 0 unspecified atom stereocenters. The number of halogens is 1. The molecule has 0 aliphatic rings. The van der Waals surface area contributed by atoms with E-state index in [1.807, 2.05) is 18.2 Å². The van der Waals surface area contributed by atoms with Crippen LogP contribution in [-0.4, -0.2) is 30.5 Å². The van der Waals surface area contributed by atoms with Crippen LogP contribution in [0.5, 0.6) is 23.0 Å². The molecule has 4 aromatic carbocycles. The molecule has 180 valence electrons. The van der Waals surface area contributed by atoms with Crippen LogP contribution in [-0.2, 0) is 0 Å². The molecule has 0 heterocycles. The zero-order valence-electron chi connectivity index (χ0n) is 19.3. The maximum absolute atomic E-state index is 11.8. The van der Waals surface area contributed by atoms with Gasteiger partial charge in [0, 0.05) is 5.56 Å². The van der Waals surface area contributed by atoms with Gasteiger partial charge in [-0.2, -0.15) is 0 Å². The Labute approximate surface area is 209 Å². The Balaban J connectivity index is 0.000000203. The van der Waals surface area contributed by atoms with Crippen molar-refractivity contribution in [3.8, 4) is 23.0 Å². The number of carbonyl (C=O) groups excluding carboxylic acids is 2. The van der Waals surface area contributed by atoms with Crippen LogP contribution in [0.4, 0.5) is 0 Å². The second-order valence-electron chi connectivity index (χ2n) is 6.72. The molecule has 0 aliphatic carbocycles. The number of carbonyl (C=O) groups is 2. The van der Waals surface area contributed by atoms with Crippen molar-refractivity contribution in [2.24, 2.45) is 0 Å². The Morgan fingerprint density at radius 1 is 0.600 bits per heavy atom. The van der Waals surface area contributed by atoms with Crippen LogP contribution in [0.1, 0.15) is 20.7 Å². The molecule has 0 radical (unpaired) electrons. The highest BCUT2D eigenvalue weighted by molar-refractivity contribution is 6.67. The van der Waals surface area contributed by atoms with E-state index >= 15 is 0 Å². The van der Waals surface area contributed by atoms with Crippen molar-refractivity contribution in [1.29, 1.82) is 0 Å². The van der Waals surface area contributed by atoms with Gasteiger partial charge in [-0.25, -0.2) is 4.79 Å². The molecule has 35 heavy (non-hydrogen) atoms.